The van der Waals surface area contributed by atoms with Crippen LogP contribution in [0.1, 0.15) is 31.2 Å². The van der Waals surface area contributed by atoms with E-state index in [0.29, 0.717) is 5.75 Å². The number of amides is 1. The Labute approximate surface area is 110 Å². The first-order valence-electron chi connectivity index (χ1n) is 6.35. The molecule has 1 aliphatic rings. The molecule has 4 heteroatoms. The standard InChI is InChI=1S/C14H19NO2S/c1-18(17)10-12-8-4-5-9-13(12)15-14(16)11-6-2-3-7-11/h4-5,8-9,11H,2-3,6-7,10H2,1H3,(H,15,16). The Bertz CT molecular complexity index is 453. The van der Waals surface area contributed by atoms with Crippen molar-refractivity contribution in [3.63, 3.8) is 0 Å². The van der Waals surface area contributed by atoms with Crippen LogP contribution in [0.15, 0.2) is 24.3 Å². The van der Waals surface area contributed by atoms with Gasteiger partial charge in [-0.25, -0.2) is 0 Å². The number of hydrogen-bond acceptors (Lipinski definition) is 2. The molecule has 1 fully saturated rings. The molecule has 2 rings (SSSR count). The maximum atomic E-state index is 12.1. The number of nitrogens with one attached hydrogen (secondary N) is 1. The molecule has 1 aromatic carbocycles. The zero-order valence-electron chi connectivity index (χ0n) is 10.6. The molecule has 0 saturated heterocycles. The van der Waals surface area contributed by atoms with Crippen LogP contribution in [-0.4, -0.2) is 16.4 Å². The van der Waals surface area contributed by atoms with Crippen LogP contribution in [0.5, 0.6) is 0 Å². The van der Waals surface area contributed by atoms with E-state index in [1.165, 1.54) is 0 Å². The molecule has 0 aromatic heterocycles. The molecule has 0 heterocycles. The van der Waals surface area contributed by atoms with Gasteiger partial charge in [0.1, 0.15) is 0 Å². The second-order valence-electron chi connectivity index (χ2n) is 4.85. The van der Waals surface area contributed by atoms with Crippen molar-refractivity contribution in [2.24, 2.45) is 5.92 Å². The van der Waals surface area contributed by atoms with E-state index >= 15 is 0 Å². The number of hydrogen-bond donors (Lipinski definition) is 1. The first kappa shape index (κ1) is 13.3. The minimum atomic E-state index is -0.895. The number of benzene rings is 1. The molecule has 0 aliphatic heterocycles. The van der Waals surface area contributed by atoms with Crippen molar-refractivity contribution in [3.05, 3.63) is 29.8 Å². The van der Waals surface area contributed by atoms with Crippen LogP contribution in [-0.2, 0) is 21.3 Å². The summed E-state index contributed by atoms with van der Waals surface area (Å²) in [5.74, 6) is 0.758. The minimum absolute atomic E-state index is 0.113. The smallest absolute Gasteiger partial charge is 0.227 e. The summed E-state index contributed by atoms with van der Waals surface area (Å²) in [4.78, 5) is 12.1. The molecule has 1 aliphatic carbocycles. The summed E-state index contributed by atoms with van der Waals surface area (Å²) in [5, 5.41) is 2.98. The molecule has 1 saturated carbocycles. The minimum Gasteiger partial charge on any atom is -0.326 e. The summed E-state index contributed by atoms with van der Waals surface area (Å²) < 4.78 is 11.3. The van der Waals surface area contributed by atoms with Crippen LogP contribution in [0.25, 0.3) is 0 Å². The van der Waals surface area contributed by atoms with Gasteiger partial charge in [0, 0.05) is 28.7 Å². The van der Waals surface area contributed by atoms with Crippen LogP contribution in [0, 0.1) is 5.92 Å². The fraction of sp³-hybridized carbons (Fsp3) is 0.500. The summed E-state index contributed by atoms with van der Waals surface area (Å²) in [5.41, 5.74) is 1.76. The fourth-order valence-electron chi connectivity index (χ4n) is 2.41. The highest BCUT2D eigenvalue weighted by Crippen LogP contribution is 2.26. The lowest BCUT2D eigenvalue weighted by atomic mass is 10.1. The second-order valence-corrected chi connectivity index (χ2v) is 6.28. The number of carbonyl (C=O) groups is 1. The number of carbonyl (C=O) groups excluding carboxylic acids is 1. The highest BCUT2D eigenvalue weighted by molar-refractivity contribution is 7.83. The Morgan fingerprint density at radius 1 is 1.33 bits per heavy atom. The lowest BCUT2D eigenvalue weighted by Crippen LogP contribution is -2.21. The zero-order chi connectivity index (χ0) is 13.0. The third-order valence-electron chi connectivity index (χ3n) is 3.36. The number of anilines is 1. The monoisotopic (exact) mass is 265 g/mol. The van der Waals surface area contributed by atoms with Crippen molar-refractivity contribution in [2.45, 2.75) is 31.4 Å². The summed E-state index contributed by atoms with van der Waals surface area (Å²) in [6.45, 7) is 0. The average Bonchev–Trinajstić information content (AvgIpc) is 2.84. The molecule has 1 amide bonds. The van der Waals surface area contributed by atoms with E-state index in [4.69, 9.17) is 0 Å². The van der Waals surface area contributed by atoms with Gasteiger partial charge in [0.25, 0.3) is 0 Å². The van der Waals surface area contributed by atoms with Crippen LogP contribution in [0.3, 0.4) is 0 Å². The highest BCUT2D eigenvalue weighted by atomic mass is 32.2. The first-order chi connectivity index (χ1) is 8.66. The van der Waals surface area contributed by atoms with E-state index < -0.39 is 10.8 Å². The Morgan fingerprint density at radius 2 is 2.00 bits per heavy atom. The van der Waals surface area contributed by atoms with Crippen LogP contribution >= 0.6 is 0 Å². The van der Waals surface area contributed by atoms with Gasteiger partial charge < -0.3 is 5.32 Å². The van der Waals surface area contributed by atoms with Gasteiger partial charge in [-0.15, -0.1) is 0 Å². The summed E-state index contributed by atoms with van der Waals surface area (Å²) >= 11 is 0. The number of rotatable bonds is 4. The van der Waals surface area contributed by atoms with Gasteiger partial charge in [0.2, 0.25) is 5.91 Å². The third-order valence-corrected chi connectivity index (χ3v) is 4.08. The summed E-state index contributed by atoms with van der Waals surface area (Å²) in [6.07, 6.45) is 5.97. The Balaban J connectivity index is 2.07. The van der Waals surface area contributed by atoms with Crippen molar-refractivity contribution in [2.75, 3.05) is 11.6 Å². The molecule has 0 spiro atoms. The van der Waals surface area contributed by atoms with Gasteiger partial charge in [0.05, 0.1) is 5.75 Å². The predicted octanol–water partition coefficient (Wildman–Crippen LogP) is 2.69. The van der Waals surface area contributed by atoms with E-state index in [1.807, 2.05) is 24.3 Å². The Hall–Kier alpha value is -1.16. The van der Waals surface area contributed by atoms with E-state index in [0.717, 1.165) is 36.9 Å². The molecule has 0 bridgehead atoms. The van der Waals surface area contributed by atoms with Gasteiger partial charge in [-0.05, 0) is 24.5 Å². The molecule has 3 nitrogen and oxygen atoms in total. The molecule has 0 radical (unpaired) electrons. The maximum absolute atomic E-state index is 12.1. The van der Waals surface area contributed by atoms with E-state index in [-0.39, 0.29) is 11.8 Å². The second kappa shape index (κ2) is 6.14. The van der Waals surface area contributed by atoms with Crippen molar-refractivity contribution in [3.8, 4) is 0 Å². The normalized spacial score (nSPS) is 17.6. The van der Waals surface area contributed by atoms with Gasteiger partial charge in [-0.2, -0.15) is 0 Å². The molecule has 18 heavy (non-hydrogen) atoms. The largest absolute Gasteiger partial charge is 0.326 e. The maximum Gasteiger partial charge on any atom is 0.227 e. The van der Waals surface area contributed by atoms with Crippen LogP contribution in [0.4, 0.5) is 5.69 Å². The summed E-state index contributed by atoms with van der Waals surface area (Å²) in [7, 11) is -0.895. The van der Waals surface area contributed by atoms with Crippen LogP contribution in [0.2, 0.25) is 0 Å². The van der Waals surface area contributed by atoms with E-state index in [9.17, 15) is 9.00 Å². The van der Waals surface area contributed by atoms with Crippen molar-refractivity contribution < 1.29 is 9.00 Å². The predicted molar refractivity (Wildman–Crippen MR) is 74.8 cm³/mol. The summed E-state index contributed by atoms with van der Waals surface area (Å²) in [6, 6.07) is 7.61. The topological polar surface area (TPSA) is 46.2 Å². The van der Waals surface area contributed by atoms with Gasteiger partial charge in [0.15, 0.2) is 0 Å². The highest BCUT2D eigenvalue weighted by Gasteiger charge is 2.23. The molecule has 98 valence electrons. The van der Waals surface area contributed by atoms with E-state index in [2.05, 4.69) is 5.32 Å². The van der Waals surface area contributed by atoms with Gasteiger partial charge in [-0.1, -0.05) is 31.0 Å². The third kappa shape index (κ3) is 3.42. The molecule has 1 atom stereocenters. The van der Waals surface area contributed by atoms with Crippen molar-refractivity contribution in [1.29, 1.82) is 0 Å². The fourth-order valence-corrected chi connectivity index (χ4v) is 3.10. The molecule has 1 aromatic rings. The van der Waals surface area contributed by atoms with Crippen LogP contribution < -0.4 is 5.32 Å². The molecular weight excluding hydrogens is 246 g/mol. The van der Waals surface area contributed by atoms with Gasteiger partial charge >= 0.3 is 0 Å². The zero-order valence-corrected chi connectivity index (χ0v) is 11.5. The lowest BCUT2D eigenvalue weighted by Gasteiger charge is -2.13. The lowest BCUT2D eigenvalue weighted by molar-refractivity contribution is -0.119. The van der Waals surface area contributed by atoms with Gasteiger partial charge in [-0.3, -0.25) is 9.00 Å². The average molecular weight is 265 g/mol. The van der Waals surface area contributed by atoms with Crippen molar-refractivity contribution >= 4 is 22.4 Å². The number of para-hydroxylation sites is 1. The molecule has 1 N–H and O–H groups in total. The first-order valence-corrected chi connectivity index (χ1v) is 8.08. The SMILES string of the molecule is CS(=O)Cc1ccccc1NC(=O)C1CCCC1. The molecule has 1 unspecified atom stereocenters. The molecular formula is C14H19NO2S. The van der Waals surface area contributed by atoms with Crippen molar-refractivity contribution in [1.82, 2.24) is 0 Å². The Kier molecular flexibility index (Phi) is 4.53. The Morgan fingerprint density at radius 3 is 2.67 bits per heavy atom. The quantitative estimate of drug-likeness (QED) is 0.909. The van der Waals surface area contributed by atoms with E-state index in [1.54, 1.807) is 6.26 Å².